The number of halogens is 2. The van der Waals surface area contributed by atoms with Crippen molar-refractivity contribution in [2.75, 3.05) is 5.32 Å². The maximum absolute atomic E-state index is 14.5. The van der Waals surface area contributed by atoms with Crippen molar-refractivity contribution in [3.8, 4) is 17.4 Å². The summed E-state index contributed by atoms with van der Waals surface area (Å²) in [5.41, 5.74) is 1.48. The van der Waals surface area contributed by atoms with Crippen molar-refractivity contribution < 1.29 is 33.0 Å². The molecule has 1 amide bonds. The Morgan fingerprint density at radius 1 is 0.917 bits per heavy atom. The van der Waals surface area contributed by atoms with Gasteiger partial charge in [0.1, 0.15) is 18.2 Å². The summed E-state index contributed by atoms with van der Waals surface area (Å²) in [5.74, 6) is -2.23. The first kappa shape index (κ1) is 24.3. The van der Waals surface area contributed by atoms with Gasteiger partial charge in [-0.1, -0.05) is 30.3 Å². The fourth-order valence-electron chi connectivity index (χ4n) is 3.25. The van der Waals surface area contributed by atoms with E-state index in [1.165, 1.54) is 54.7 Å². The second-order valence-corrected chi connectivity index (χ2v) is 7.69. The number of aromatic nitrogens is 1. The van der Waals surface area contributed by atoms with Gasteiger partial charge in [0.25, 0.3) is 0 Å². The summed E-state index contributed by atoms with van der Waals surface area (Å²) in [4.78, 5) is 27.7. The van der Waals surface area contributed by atoms with Crippen LogP contribution in [0.1, 0.15) is 21.5 Å². The minimum atomic E-state index is -1.14. The Morgan fingerprint density at radius 3 is 2.36 bits per heavy atom. The fraction of sp³-hybridized carbons (Fsp3) is 0.0741. The number of carboxylic acids is 1. The molecular weight excluding hydrogens is 470 g/mol. The zero-order chi connectivity index (χ0) is 25.5. The summed E-state index contributed by atoms with van der Waals surface area (Å²) in [5, 5.41) is 11.8. The number of nitrogens with one attached hydrogen (secondary N) is 1. The van der Waals surface area contributed by atoms with Gasteiger partial charge in [-0.3, -0.25) is 4.79 Å². The molecule has 0 atom stereocenters. The topological polar surface area (TPSA) is 97.8 Å². The SMILES string of the molecule is O=C(Cc1ccc(Oc2ccc(OCc3ccc(F)cc3)cc2F)nc1)Nc1ccccc1C(=O)O. The smallest absolute Gasteiger partial charge is 0.337 e. The molecule has 0 aliphatic carbocycles. The van der Waals surface area contributed by atoms with Crippen LogP contribution in [0.25, 0.3) is 0 Å². The number of nitrogens with zero attached hydrogens (tertiary/aromatic N) is 1. The number of aromatic carboxylic acids is 1. The predicted octanol–water partition coefficient (Wildman–Crippen LogP) is 5.61. The first-order valence-corrected chi connectivity index (χ1v) is 10.8. The molecule has 36 heavy (non-hydrogen) atoms. The molecule has 9 heteroatoms. The van der Waals surface area contributed by atoms with E-state index in [1.54, 1.807) is 30.3 Å². The molecule has 1 aromatic heterocycles. The second kappa shape index (κ2) is 11.1. The minimum absolute atomic E-state index is 0.0124. The zero-order valence-corrected chi connectivity index (χ0v) is 18.8. The lowest BCUT2D eigenvalue weighted by Crippen LogP contribution is -2.16. The van der Waals surface area contributed by atoms with Gasteiger partial charge in [0, 0.05) is 18.3 Å². The summed E-state index contributed by atoms with van der Waals surface area (Å²) in [6.45, 7) is 0.151. The molecule has 0 fully saturated rings. The number of amides is 1. The Bertz CT molecular complexity index is 1380. The molecule has 0 saturated heterocycles. The summed E-state index contributed by atoms with van der Waals surface area (Å²) < 4.78 is 38.5. The van der Waals surface area contributed by atoms with Crippen LogP contribution >= 0.6 is 0 Å². The van der Waals surface area contributed by atoms with E-state index in [9.17, 15) is 23.5 Å². The first-order valence-electron chi connectivity index (χ1n) is 10.8. The summed E-state index contributed by atoms with van der Waals surface area (Å²) in [7, 11) is 0. The second-order valence-electron chi connectivity index (χ2n) is 7.69. The van der Waals surface area contributed by atoms with Gasteiger partial charge in [-0.05, 0) is 47.5 Å². The highest BCUT2D eigenvalue weighted by Crippen LogP contribution is 2.27. The molecule has 1 heterocycles. The van der Waals surface area contributed by atoms with Crippen molar-refractivity contribution in [2.45, 2.75) is 13.0 Å². The molecule has 0 saturated carbocycles. The van der Waals surface area contributed by atoms with E-state index < -0.39 is 17.7 Å². The molecule has 4 rings (SSSR count). The van der Waals surface area contributed by atoms with E-state index in [-0.39, 0.29) is 47.5 Å². The Labute approximate surface area is 205 Å². The Kier molecular flexibility index (Phi) is 7.50. The highest BCUT2D eigenvalue weighted by Gasteiger charge is 2.13. The molecule has 0 bridgehead atoms. The number of ether oxygens (including phenoxy) is 2. The van der Waals surface area contributed by atoms with Crippen molar-refractivity contribution in [2.24, 2.45) is 0 Å². The molecule has 3 aromatic carbocycles. The van der Waals surface area contributed by atoms with Crippen molar-refractivity contribution in [3.05, 3.63) is 113 Å². The summed E-state index contributed by atoms with van der Waals surface area (Å²) in [6, 6.07) is 19.1. The molecule has 182 valence electrons. The van der Waals surface area contributed by atoms with Crippen molar-refractivity contribution in [3.63, 3.8) is 0 Å². The minimum Gasteiger partial charge on any atom is -0.489 e. The molecule has 0 aliphatic heterocycles. The van der Waals surface area contributed by atoms with Crippen LogP contribution in [0, 0.1) is 11.6 Å². The highest BCUT2D eigenvalue weighted by atomic mass is 19.1. The van der Waals surface area contributed by atoms with E-state index in [0.29, 0.717) is 5.56 Å². The molecule has 0 aliphatic rings. The van der Waals surface area contributed by atoms with E-state index in [0.717, 1.165) is 5.56 Å². The van der Waals surface area contributed by atoms with Crippen LogP contribution in [0.15, 0.2) is 85.1 Å². The van der Waals surface area contributed by atoms with Crippen LogP contribution in [0.3, 0.4) is 0 Å². The number of carboxylic acid groups (broad SMARTS) is 1. The van der Waals surface area contributed by atoms with E-state index >= 15 is 0 Å². The number of carbonyl (C=O) groups excluding carboxylic acids is 1. The van der Waals surface area contributed by atoms with Crippen LogP contribution in [-0.2, 0) is 17.8 Å². The molecule has 7 nitrogen and oxygen atoms in total. The van der Waals surface area contributed by atoms with Gasteiger partial charge < -0.3 is 19.9 Å². The van der Waals surface area contributed by atoms with Crippen molar-refractivity contribution in [1.29, 1.82) is 0 Å². The monoisotopic (exact) mass is 490 g/mol. The summed E-state index contributed by atoms with van der Waals surface area (Å²) >= 11 is 0. The molecule has 0 spiro atoms. The van der Waals surface area contributed by atoms with Crippen LogP contribution in [0.5, 0.6) is 17.4 Å². The average molecular weight is 490 g/mol. The third-order valence-corrected chi connectivity index (χ3v) is 5.03. The quantitative estimate of drug-likeness (QED) is 0.317. The first-order chi connectivity index (χ1) is 17.4. The highest BCUT2D eigenvalue weighted by molar-refractivity contribution is 6.00. The number of hydrogen-bond donors (Lipinski definition) is 2. The molecular formula is C27H20F2N2O5. The number of anilines is 1. The van der Waals surface area contributed by atoms with Crippen LogP contribution in [-0.4, -0.2) is 22.0 Å². The van der Waals surface area contributed by atoms with E-state index in [1.807, 2.05) is 0 Å². The Morgan fingerprint density at radius 2 is 1.67 bits per heavy atom. The molecule has 0 radical (unpaired) electrons. The molecule has 0 unspecified atom stereocenters. The van der Waals surface area contributed by atoms with Gasteiger partial charge in [-0.25, -0.2) is 18.6 Å². The van der Waals surface area contributed by atoms with Gasteiger partial charge in [0.2, 0.25) is 11.8 Å². The lowest BCUT2D eigenvalue weighted by Gasteiger charge is -2.10. The average Bonchev–Trinajstić information content (AvgIpc) is 2.86. The third-order valence-electron chi connectivity index (χ3n) is 5.03. The number of hydrogen-bond acceptors (Lipinski definition) is 5. The van der Waals surface area contributed by atoms with Crippen LogP contribution < -0.4 is 14.8 Å². The van der Waals surface area contributed by atoms with Gasteiger partial charge in [-0.15, -0.1) is 0 Å². The lowest BCUT2D eigenvalue weighted by molar-refractivity contribution is -0.115. The number of carbonyl (C=O) groups is 2. The van der Waals surface area contributed by atoms with Gasteiger partial charge in [-0.2, -0.15) is 0 Å². The largest absolute Gasteiger partial charge is 0.489 e. The standard InChI is InChI=1S/C27H20F2N2O5/c28-19-8-5-17(6-9-19)16-35-20-10-11-24(22(29)14-20)36-26-12-7-18(15-30-26)13-25(32)31-23-4-2-1-3-21(23)27(33)34/h1-12,14-15H,13,16H2,(H,31,32)(H,33,34). The maximum Gasteiger partial charge on any atom is 0.337 e. The van der Waals surface area contributed by atoms with Gasteiger partial charge >= 0.3 is 5.97 Å². The summed E-state index contributed by atoms with van der Waals surface area (Å²) in [6.07, 6.45) is 1.37. The van der Waals surface area contributed by atoms with E-state index in [4.69, 9.17) is 9.47 Å². The van der Waals surface area contributed by atoms with Crippen LogP contribution in [0.4, 0.5) is 14.5 Å². The van der Waals surface area contributed by atoms with Crippen LogP contribution in [0.2, 0.25) is 0 Å². The third kappa shape index (κ3) is 6.41. The molecule has 2 N–H and O–H groups in total. The maximum atomic E-state index is 14.5. The van der Waals surface area contributed by atoms with E-state index in [2.05, 4.69) is 10.3 Å². The number of para-hydroxylation sites is 1. The Balaban J connectivity index is 1.33. The number of pyridine rings is 1. The normalized spacial score (nSPS) is 10.5. The lowest BCUT2D eigenvalue weighted by atomic mass is 10.1. The zero-order valence-electron chi connectivity index (χ0n) is 18.8. The van der Waals surface area contributed by atoms with Gasteiger partial charge in [0.05, 0.1) is 17.7 Å². The number of rotatable bonds is 9. The Hall–Kier alpha value is -4.79. The fourth-order valence-corrected chi connectivity index (χ4v) is 3.25. The number of benzene rings is 3. The van der Waals surface area contributed by atoms with Crippen molar-refractivity contribution >= 4 is 17.6 Å². The molecule has 4 aromatic rings. The van der Waals surface area contributed by atoms with Gasteiger partial charge in [0.15, 0.2) is 11.6 Å². The predicted molar refractivity (Wildman–Crippen MR) is 127 cm³/mol. The van der Waals surface area contributed by atoms with Crippen molar-refractivity contribution in [1.82, 2.24) is 4.98 Å².